The monoisotopic (exact) mass is 376 g/mol. The van der Waals surface area contributed by atoms with Gasteiger partial charge < -0.3 is 20.1 Å². The van der Waals surface area contributed by atoms with Crippen molar-refractivity contribution in [2.45, 2.75) is 45.2 Å². The van der Waals surface area contributed by atoms with Crippen LogP contribution in [0.25, 0.3) is 10.6 Å². The maximum atomic E-state index is 12.1. The molecule has 2 aromatic rings. The molecule has 3 rings (SSSR count). The van der Waals surface area contributed by atoms with Crippen molar-refractivity contribution in [1.82, 2.24) is 20.7 Å². The maximum Gasteiger partial charge on any atom is 0.273 e. The Labute approximate surface area is 158 Å². The summed E-state index contributed by atoms with van der Waals surface area (Å²) < 4.78 is 5.25. The average molecular weight is 377 g/mol. The predicted molar refractivity (Wildman–Crippen MR) is 104 cm³/mol. The first-order valence-corrected chi connectivity index (χ1v) is 10.3. The van der Waals surface area contributed by atoms with Gasteiger partial charge in [0.05, 0.1) is 4.88 Å². The van der Waals surface area contributed by atoms with E-state index >= 15 is 0 Å². The number of carbonyl (C=O) groups is 1. The Morgan fingerprint density at radius 3 is 2.88 bits per heavy atom. The number of piperazine rings is 1. The Balaban J connectivity index is 1.31. The van der Waals surface area contributed by atoms with E-state index in [2.05, 4.69) is 34.5 Å². The molecule has 142 valence electrons. The summed E-state index contributed by atoms with van der Waals surface area (Å²) in [5.74, 6) is 0.478. The van der Waals surface area contributed by atoms with Crippen LogP contribution < -0.4 is 10.6 Å². The van der Waals surface area contributed by atoms with Crippen LogP contribution in [-0.2, 0) is 0 Å². The van der Waals surface area contributed by atoms with Crippen molar-refractivity contribution in [3.8, 4) is 10.6 Å². The Morgan fingerprint density at radius 2 is 2.15 bits per heavy atom. The van der Waals surface area contributed by atoms with E-state index in [1.165, 1.54) is 6.42 Å². The molecule has 7 heteroatoms. The molecule has 0 aromatic carbocycles. The minimum Gasteiger partial charge on any atom is -0.355 e. The van der Waals surface area contributed by atoms with Crippen molar-refractivity contribution in [3.63, 3.8) is 0 Å². The van der Waals surface area contributed by atoms with E-state index in [4.69, 9.17) is 4.52 Å². The third-order valence-corrected chi connectivity index (χ3v) is 5.46. The molecule has 6 nitrogen and oxygen atoms in total. The van der Waals surface area contributed by atoms with Crippen molar-refractivity contribution in [3.05, 3.63) is 29.3 Å². The van der Waals surface area contributed by atoms with Gasteiger partial charge in [0.25, 0.3) is 5.91 Å². The van der Waals surface area contributed by atoms with Crippen LogP contribution in [-0.4, -0.2) is 54.2 Å². The number of rotatable bonds is 8. The molecule has 1 saturated heterocycles. The lowest BCUT2D eigenvalue weighted by molar-refractivity contribution is 0.0943. The Kier molecular flexibility index (Phi) is 6.82. The third-order valence-electron chi connectivity index (χ3n) is 4.58. The summed E-state index contributed by atoms with van der Waals surface area (Å²) in [5, 5.41) is 12.3. The summed E-state index contributed by atoms with van der Waals surface area (Å²) >= 11 is 1.57. The average Bonchev–Trinajstić information content (AvgIpc) is 3.27. The highest BCUT2D eigenvalue weighted by Crippen LogP contribution is 2.25. The number of thiophene rings is 1. The predicted octanol–water partition coefficient (Wildman–Crippen LogP) is 2.99. The van der Waals surface area contributed by atoms with E-state index < -0.39 is 0 Å². The van der Waals surface area contributed by atoms with Gasteiger partial charge in [0.1, 0.15) is 0 Å². The zero-order chi connectivity index (χ0) is 18.4. The van der Waals surface area contributed by atoms with E-state index in [0.717, 1.165) is 37.4 Å². The van der Waals surface area contributed by atoms with Gasteiger partial charge in [-0.25, -0.2) is 0 Å². The van der Waals surface area contributed by atoms with Gasteiger partial charge in [-0.05, 0) is 44.7 Å². The normalized spacial score (nSPS) is 21.0. The minimum atomic E-state index is -0.165. The second kappa shape index (κ2) is 9.30. The summed E-state index contributed by atoms with van der Waals surface area (Å²) in [6, 6.07) is 6.74. The van der Waals surface area contributed by atoms with Crippen molar-refractivity contribution in [2.24, 2.45) is 0 Å². The fourth-order valence-electron chi connectivity index (χ4n) is 3.47. The Bertz CT molecular complexity index is 676. The highest BCUT2D eigenvalue weighted by atomic mass is 32.1. The molecule has 0 spiro atoms. The van der Waals surface area contributed by atoms with Crippen LogP contribution in [0.3, 0.4) is 0 Å². The molecule has 2 unspecified atom stereocenters. The number of unbranched alkanes of at least 4 members (excludes halogenated alkanes) is 2. The zero-order valence-corrected chi connectivity index (χ0v) is 16.3. The molecule has 3 heterocycles. The number of hydrogen-bond acceptors (Lipinski definition) is 6. The Morgan fingerprint density at radius 1 is 1.35 bits per heavy atom. The fourth-order valence-corrected chi connectivity index (χ4v) is 4.14. The van der Waals surface area contributed by atoms with Crippen LogP contribution in [0.15, 0.2) is 28.1 Å². The van der Waals surface area contributed by atoms with Crippen molar-refractivity contribution >= 4 is 17.2 Å². The minimum absolute atomic E-state index is 0.165. The highest BCUT2D eigenvalue weighted by Gasteiger charge is 2.20. The quantitative estimate of drug-likeness (QED) is 0.693. The Hall–Kier alpha value is -1.70. The molecule has 0 saturated carbocycles. The van der Waals surface area contributed by atoms with Crippen molar-refractivity contribution in [2.75, 3.05) is 26.2 Å². The molecular formula is C19H28N4O2S. The van der Waals surface area contributed by atoms with E-state index in [-0.39, 0.29) is 5.91 Å². The van der Waals surface area contributed by atoms with E-state index in [1.807, 2.05) is 17.5 Å². The summed E-state index contributed by atoms with van der Waals surface area (Å²) in [6.45, 7) is 8.55. The van der Waals surface area contributed by atoms with E-state index in [9.17, 15) is 4.79 Å². The molecule has 0 aliphatic carbocycles. The molecule has 2 N–H and O–H groups in total. The van der Waals surface area contributed by atoms with Crippen LogP contribution in [0.2, 0.25) is 0 Å². The fraction of sp³-hybridized carbons (Fsp3) is 0.579. The maximum absolute atomic E-state index is 12.1. The second-order valence-electron chi connectivity index (χ2n) is 7.10. The lowest BCUT2D eigenvalue weighted by Gasteiger charge is -2.36. The summed E-state index contributed by atoms with van der Waals surface area (Å²) in [5.41, 5.74) is 0.345. The molecule has 26 heavy (non-hydrogen) atoms. The van der Waals surface area contributed by atoms with E-state index in [1.54, 1.807) is 17.4 Å². The van der Waals surface area contributed by atoms with Gasteiger partial charge in [-0.3, -0.25) is 4.79 Å². The number of hydrogen-bond donors (Lipinski definition) is 2. The molecule has 0 radical (unpaired) electrons. The summed E-state index contributed by atoms with van der Waals surface area (Å²) in [7, 11) is 0. The standard InChI is InChI=1S/C19H28N4O2S/c1-14-12-23(13-15(2)21-14)9-5-3-4-8-20-19(24)16-11-17(25-22-16)18-7-6-10-26-18/h6-7,10-11,14-15,21H,3-5,8-9,12-13H2,1-2H3,(H,20,24). The van der Waals surface area contributed by atoms with Crippen LogP contribution in [0.5, 0.6) is 0 Å². The molecule has 2 aromatic heterocycles. The van der Waals surface area contributed by atoms with Crippen LogP contribution in [0.4, 0.5) is 0 Å². The number of carbonyl (C=O) groups excluding carboxylic acids is 1. The molecule has 1 aliphatic heterocycles. The smallest absolute Gasteiger partial charge is 0.273 e. The molecule has 2 atom stereocenters. The van der Waals surface area contributed by atoms with Gasteiger partial charge in [-0.15, -0.1) is 11.3 Å². The number of nitrogens with one attached hydrogen (secondary N) is 2. The third kappa shape index (κ3) is 5.40. The summed E-state index contributed by atoms with van der Waals surface area (Å²) in [6.07, 6.45) is 3.27. The number of amides is 1. The van der Waals surface area contributed by atoms with Crippen LogP contribution >= 0.6 is 11.3 Å². The van der Waals surface area contributed by atoms with Crippen LogP contribution in [0.1, 0.15) is 43.6 Å². The van der Waals surface area contributed by atoms with Gasteiger partial charge in [-0.2, -0.15) is 0 Å². The first-order valence-electron chi connectivity index (χ1n) is 9.39. The molecular weight excluding hydrogens is 348 g/mol. The van der Waals surface area contributed by atoms with Gasteiger partial charge in [0, 0.05) is 37.8 Å². The van der Waals surface area contributed by atoms with Crippen molar-refractivity contribution < 1.29 is 9.32 Å². The second-order valence-corrected chi connectivity index (χ2v) is 8.05. The van der Waals surface area contributed by atoms with Gasteiger partial charge in [0.2, 0.25) is 0 Å². The first-order chi connectivity index (χ1) is 12.6. The lowest BCUT2D eigenvalue weighted by atomic mass is 10.1. The number of aromatic nitrogens is 1. The molecule has 0 bridgehead atoms. The number of nitrogens with zero attached hydrogens (tertiary/aromatic N) is 2. The van der Waals surface area contributed by atoms with Crippen LogP contribution in [0, 0.1) is 0 Å². The molecule has 1 amide bonds. The zero-order valence-electron chi connectivity index (χ0n) is 15.5. The van der Waals surface area contributed by atoms with Gasteiger partial charge in [0.15, 0.2) is 11.5 Å². The van der Waals surface area contributed by atoms with Gasteiger partial charge >= 0.3 is 0 Å². The van der Waals surface area contributed by atoms with Gasteiger partial charge in [-0.1, -0.05) is 17.6 Å². The topological polar surface area (TPSA) is 70.4 Å². The highest BCUT2D eigenvalue weighted by molar-refractivity contribution is 7.13. The summed E-state index contributed by atoms with van der Waals surface area (Å²) in [4.78, 5) is 15.6. The van der Waals surface area contributed by atoms with E-state index in [0.29, 0.717) is 30.1 Å². The SMILES string of the molecule is CC1CN(CCCCCNC(=O)c2cc(-c3cccs3)on2)CC(C)N1. The van der Waals surface area contributed by atoms with Crippen molar-refractivity contribution in [1.29, 1.82) is 0 Å². The molecule has 1 aliphatic rings. The first kappa shape index (κ1) is 19.1. The molecule has 1 fully saturated rings. The largest absolute Gasteiger partial charge is 0.355 e. The lowest BCUT2D eigenvalue weighted by Crippen LogP contribution is -2.54.